The molecule has 0 aromatic heterocycles. The van der Waals surface area contributed by atoms with Gasteiger partial charge < -0.3 is 52.7 Å². The van der Waals surface area contributed by atoms with Crippen molar-refractivity contribution in [3.63, 3.8) is 0 Å². The highest BCUT2D eigenvalue weighted by atomic mass is 16.2. The van der Waals surface area contributed by atoms with Gasteiger partial charge in [0.15, 0.2) is 0 Å². The van der Waals surface area contributed by atoms with E-state index in [9.17, 15) is 47.9 Å². The molecular weight excluding hydrogens is 1210 g/mol. The fraction of sp³-hybridized carbons (Fsp3) is 0.872. The number of rotatable bonds is 10. The first kappa shape index (κ1) is 93.4. The van der Waals surface area contributed by atoms with Crippen LogP contribution >= 0.6 is 0 Å². The highest BCUT2D eigenvalue weighted by molar-refractivity contribution is 5.85. The molecule has 0 aromatic rings. The Bertz CT molecular complexity index is 1430. The van der Waals surface area contributed by atoms with Crippen LogP contribution in [0.15, 0.2) is 0 Å². The predicted octanol–water partition coefficient (Wildman–Crippen LogP) is 24.0. The molecular formula is C86H152O11. The minimum Gasteiger partial charge on any atom is -0.307 e. The third-order valence-electron chi connectivity index (χ3n) is 22.5. The fourth-order valence-electron chi connectivity index (χ4n) is 15.3. The van der Waals surface area contributed by atoms with Gasteiger partial charge in [0.2, 0.25) is 0 Å². The third kappa shape index (κ3) is 51.2. The van der Waals surface area contributed by atoms with E-state index in [0.29, 0.717) is 0 Å². The van der Waals surface area contributed by atoms with Crippen molar-refractivity contribution in [1.82, 2.24) is 0 Å². The van der Waals surface area contributed by atoms with E-state index < -0.39 is 27.1 Å². The van der Waals surface area contributed by atoms with Gasteiger partial charge in [0.05, 0.1) is 27.1 Å². The van der Waals surface area contributed by atoms with Crippen LogP contribution in [0, 0.1) is 27.1 Å². The topological polar surface area (TPSA) is 188 Å². The quantitative estimate of drug-likeness (QED) is 0.150. The van der Waals surface area contributed by atoms with Gasteiger partial charge in [-0.15, -0.1) is 0 Å². The van der Waals surface area contributed by atoms with E-state index in [4.69, 9.17) is 4.79 Å². The van der Waals surface area contributed by atoms with Crippen LogP contribution in [0.3, 0.4) is 0 Å². The largest absolute Gasteiger partial charge is 0.307 e. The van der Waals surface area contributed by atoms with Crippen molar-refractivity contribution in [1.29, 1.82) is 0 Å². The molecule has 97 heavy (non-hydrogen) atoms. The standard InChI is InChI=1S/5C17H30O2.CH2O/c5*18-15-17(16-19)13-11-9-7-5-3-1-2-4-6-8-10-12-14-17;1-2/h5*15-16H,1-14H2;1H2. The number of aldehydes is 10. The predicted molar refractivity (Wildman–Crippen MR) is 403 cm³/mol. The second-order valence-corrected chi connectivity index (χ2v) is 31.1. The summed E-state index contributed by atoms with van der Waals surface area (Å²) in [5, 5.41) is 0. The molecule has 5 rings (SSSR count). The number of carbonyl (C=O) groups is 11. The number of hydrogen-bond acceptors (Lipinski definition) is 11. The first-order valence-corrected chi connectivity index (χ1v) is 41.6. The van der Waals surface area contributed by atoms with Crippen LogP contribution < -0.4 is 0 Å². The van der Waals surface area contributed by atoms with Gasteiger partial charge in [-0.1, -0.05) is 385 Å². The molecule has 0 heterocycles. The second-order valence-electron chi connectivity index (χ2n) is 31.1. The van der Waals surface area contributed by atoms with Crippen molar-refractivity contribution in [3.05, 3.63) is 0 Å². The van der Waals surface area contributed by atoms with E-state index in [1.165, 1.54) is 321 Å². The maximum atomic E-state index is 11.3. The SMILES string of the molecule is C=O.O=CC1(C=O)CCCCCCCCCCCCCC1.O=CC1(C=O)CCCCCCCCCCCCCC1.O=CC1(C=O)CCCCCCCCCCCCCC1.O=CC1(C=O)CCCCCCCCCCCCCC1.O=CC1(C=O)CCCCCCCCCCCCCC1. The third-order valence-corrected chi connectivity index (χ3v) is 22.5. The summed E-state index contributed by atoms with van der Waals surface area (Å²) in [6.07, 6.45) is 91.8. The molecule has 11 nitrogen and oxygen atoms in total. The summed E-state index contributed by atoms with van der Waals surface area (Å²) in [4.78, 5) is 121. The van der Waals surface area contributed by atoms with Crippen LogP contribution in [0.1, 0.15) is 449 Å². The maximum Gasteiger partial charge on any atom is 0.133 e. The highest BCUT2D eigenvalue weighted by Gasteiger charge is 2.32. The highest BCUT2D eigenvalue weighted by Crippen LogP contribution is 2.34. The van der Waals surface area contributed by atoms with Gasteiger partial charge in [-0.3, -0.25) is 0 Å². The molecule has 562 valence electrons. The summed E-state index contributed by atoms with van der Waals surface area (Å²) in [6, 6.07) is 0. The van der Waals surface area contributed by atoms with Gasteiger partial charge in [0.1, 0.15) is 69.7 Å². The Kier molecular flexibility index (Phi) is 65.6. The van der Waals surface area contributed by atoms with Gasteiger partial charge in [0, 0.05) is 0 Å². The van der Waals surface area contributed by atoms with Crippen LogP contribution in [0.2, 0.25) is 0 Å². The maximum absolute atomic E-state index is 11.3. The van der Waals surface area contributed by atoms with Crippen LogP contribution in [0.4, 0.5) is 0 Å². The second kappa shape index (κ2) is 68.2. The van der Waals surface area contributed by atoms with Gasteiger partial charge in [-0.05, 0) is 64.2 Å². The molecule has 5 aliphatic carbocycles. The van der Waals surface area contributed by atoms with E-state index in [2.05, 4.69) is 0 Å². The lowest BCUT2D eigenvalue weighted by molar-refractivity contribution is -0.128. The van der Waals surface area contributed by atoms with E-state index in [1.54, 1.807) is 0 Å². The summed E-state index contributed by atoms with van der Waals surface area (Å²) < 4.78 is 0. The molecule has 0 aromatic carbocycles. The molecule has 0 spiro atoms. The van der Waals surface area contributed by atoms with Crippen molar-refractivity contribution in [3.8, 4) is 0 Å². The Morgan fingerprint density at radius 3 is 0.216 bits per heavy atom. The van der Waals surface area contributed by atoms with Gasteiger partial charge in [-0.25, -0.2) is 0 Å². The summed E-state index contributed by atoms with van der Waals surface area (Å²) in [7, 11) is 0. The van der Waals surface area contributed by atoms with Crippen molar-refractivity contribution in [2.45, 2.75) is 449 Å². The van der Waals surface area contributed by atoms with Crippen molar-refractivity contribution >= 4 is 69.7 Å². The lowest BCUT2D eigenvalue weighted by Gasteiger charge is -2.21. The molecule has 0 radical (unpaired) electrons. The zero-order chi connectivity index (χ0) is 71.1. The summed E-state index contributed by atoms with van der Waals surface area (Å²) in [5.74, 6) is 0. The van der Waals surface area contributed by atoms with Crippen LogP contribution in [-0.2, 0) is 52.7 Å². The molecule has 0 unspecified atom stereocenters. The van der Waals surface area contributed by atoms with Crippen LogP contribution in [0.5, 0.6) is 0 Å². The van der Waals surface area contributed by atoms with Gasteiger partial charge in [0.25, 0.3) is 0 Å². The van der Waals surface area contributed by atoms with Crippen molar-refractivity contribution in [2.24, 2.45) is 27.1 Å². The first-order chi connectivity index (χ1) is 47.6. The number of carbonyl (C=O) groups excluding carboxylic acids is 11. The minimum atomic E-state index is -0.666. The monoisotopic (exact) mass is 1360 g/mol. The Morgan fingerprint density at radius 1 is 0.113 bits per heavy atom. The Morgan fingerprint density at radius 2 is 0.165 bits per heavy atom. The molecule has 0 atom stereocenters. The average molecular weight is 1360 g/mol. The van der Waals surface area contributed by atoms with E-state index >= 15 is 0 Å². The number of hydrogen-bond donors (Lipinski definition) is 0. The molecule has 0 saturated heterocycles. The lowest BCUT2D eigenvalue weighted by Crippen LogP contribution is -2.24. The molecule has 5 saturated carbocycles. The fourth-order valence-corrected chi connectivity index (χ4v) is 15.3. The van der Waals surface area contributed by atoms with Gasteiger partial charge >= 0.3 is 0 Å². The van der Waals surface area contributed by atoms with Crippen LogP contribution in [-0.4, -0.2) is 69.7 Å². The van der Waals surface area contributed by atoms with Crippen molar-refractivity contribution in [2.75, 3.05) is 0 Å². The van der Waals surface area contributed by atoms with E-state index in [1.807, 2.05) is 6.79 Å². The minimum absolute atomic E-state index is 0.666. The first-order valence-electron chi connectivity index (χ1n) is 41.6. The smallest absolute Gasteiger partial charge is 0.133 e. The molecule has 5 aliphatic rings. The summed E-state index contributed by atoms with van der Waals surface area (Å²) in [6.45, 7) is 2.00. The van der Waals surface area contributed by atoms with Crippen molar-refractivity contribution < 1.29 is 52.7 Å². The Hall–Kier alpha value is -3.63. The molecule has 5 fully saturated rings. The molecule has 0 aliphatic heterocycles. The van der Waals surface area contributed by atoms with Crippen LogP contribution in [0.25, 0.3) is 0 Å². The van der Waals surface area contributed by atoms with Gasteiger partial charge in [-0.2, -0.15) is 0 Å². The molecule has 11 heteroatoms. The summed E-state index contributed by atoms with van der Waals surface area (Å²) >= 11 is 0. The van der Waals surface area contributed by atoms with E-state index in [-0.39, 0.29) is 0 Å². The zero-order valence-corrected chi connectivity index (χ0v) is 63.0. The molecule has 0 bridgehead atoms. The molecule has 0 N–H and O–H groups in total. The average Bonchev–Trinajstić information content (AvgIpc) is 1.55. The van der Waals surface area contributed by atoms with E-state index in [0.717, 1.165) is 191 Å². The zero-order valence-electron chi connectivity index (χ0n) is 63.0. The summed E-state index contributed by atoms with van der Waals surface area (Å²) in [5.41, 5.74) is -3.33. The lowest BCUT2D eigenvalue weighted by atomic mass is 9.80. The normalized spacial score (nSPS) is 23.3. The Balaban J connectivity index is 0.00000118. The molecule has 0 amide bonds. The Labute approximate surface area is 596 Å².